The van der Waals surface area contributed by atoms with Gasteiger partial charge < -0.3 is 5.32 Å². The first kappa shape index (κ1) is 15.2. The molecule has 0 bridgehead atoms. The van der Waals surface area contributed by atoms with Gasteiger partial charge in [0, 0.05) is 19.0 Å². The second-order valence-corrected chi connectivity index (χ2v) is 6.03. The Labute approximate surface area is 120 Å². The van der Waals surface area contributed by atoms with Crippen molar-refractivity contribution in [3.05, 3.63) is 11.6 Å². The molecule has 2 rings (SSSR count). The SMILES string of the molecule is CC(C)=CCN1CCC(NC2CCC(=O)NC2=O)CC1. The van der Waals surface area contributed by atoms with Gasteiger partial charge in [-0.25, -0.2) is 0 Å². The number of carbonyl (C=O) groups excluding carboxylic acids is 2. The maximum absolute atomic E-state index is 11.7. The highest BCUT2D eigenvalue weighted by Gasteiger charge is 2.29. The van der Waals surface area contributed by atoms with Crippen LogP contribution in [0.15, 0.2) is 11.6 Å². The van der Waals surface area contributed by atoms with Crippen LogP contribution < -0.4 is 10.6 Å². The Bertz CT molecular complexity index is 394. The van der Waals surface area contributed by atoms with Gasteiger partial charge in [0.15, 0.2) is 0 Å². The van der Waals surface area contributed by atoms with Crippen LogP contribution in [0.1, 0.15) is 39.5 Å². The summed E-state index contributed by atoms with van der Waals surface area (Å²) < 4.78 is 0. The number of amides is 2. The Kier molecular flexibility index (Phi) is 5.31. The lowest BCUT2D eigenvalue weighted by atomic mass is 10.00. The lowest BCUT2D eigenvalue weighted by molar-refractivity contribution is -0.134. The molecule has 0 aromatic rings. The van der Waals surface area contributed by atoms with Gasteiger partial charge >= 0.3 is 0 Å². The molecule has 0 radical (unpaired) electrons. The van der Waals surface area contributed by atoms with Crippen molar-refractivity contribution in [2.24, 2.45) is 0 Å². The number of carbonyl (C=O) groups is 2. The number of hydrogen-bond donors (Lipinski definition) is 2. The van der Waals surface area contributed by atoms with Crippen LogP contribution in [-0.4, -0.2) is 48.4 Å². The Morgan fingerprint density at radius 2 is 2.00 bits per heavy atom. The zero-order valence-corrected chi connectivity index (χ0v) is 12.4. The topological polar surface area (TPSA) is 61.4 Å². The van der Waals surface area contributed by atoms with Crippen molar-refractivity contribution < 1.29 is 9.59 Å². The fraction of sp³-hybridized carbons (Fsp3) is 0.733. The molecule has 0 spiro atoms. The van der Waals surface area contributed by atoms with Crippen molar-refractivity contribution in [1.82, 2.24) is 15.5 Å². The van der Waals surface area contributed by atoms with E-state index in [9.17, 15) is 9.59 Å². The Morgan fingerprint density at radius 1 is 1.30 bits per heavy atom. The van der Waals surface area contributed by atoms with Crippen molar-refractivity contribution in [1.29, 1.82) is 0 Å². The number of likely N-dealkylation sites (tertiary alicyclic amines) is 1. The summed E-state index contributed by atoms with van der Waals surface area (Å²) in [5.41, 5.74) is 1.36. The molecule has 2 saturated heterocycles. The average molecular weight is 279 g/mol. The predicted octanol–water partition coefficient (Wildman–Crippen LogP) is 0.812. The minimum atomic E-state index is -0.193. The van der Waals surface area contributed by atoms with E-state index in [4.69, 9.17) is 0 Å². The highest BCUT2D eigenvalue weighted by Crippen LogP contribution is 2.13. The molecule has 2 aliphatic rings. The van der Waals surface area contributed by atoms with Crippen LogP contribution in [0, 0.1) is 0 Å². The summed E-state index contributed by atoms with van der Waals surface area (Å²) in [6.07, 6.45) is 5.46. The molecule has 112 valence electrons. The first-order valence-corrected chi connectivity index (χ1v) is 7.50. The standard InChI is InChI=1S/C15H25N3O2/c1-11(2)5-8-18-9-6-12(7-10-18)16-13-3-4-14(19)17-15(13)20/h5,12-13,16H,3-4,6-10H2,1-2H3,(H,17,19,20). The molecule has 20 heavy (non-hydrogen) atoms. The maximum atomic E-state index is 11.7. The van der Waals surface area contributed by atoms with Gasteiger partial charge in [-0.15, -0.1) is 0 Å². The van der Waals surface area contributed by atoms with Gasteiger partial charge in [-0.05, 0) is 46.2 Å². The smallest absolute Gasteiger partial charge is 0.243 e. The lowest BCUT2D eigenvalue weighted by Crippen LogP contribution is -2.55. The van der Waals surface area contributed by atoms with Gasteiger partial charge in [-0.3, -0.25) is 19.8 Å². The number of piperidine rings is 2. The van der Waals surface area contributed by atoms with Gasteiger partial charge in [0.25, 0.3) is 0 Å². The van der Waals surface area contributed by atoms with Crippen LogP contribution in [0.25, 0.3) is 0 Å². The number of imide groups is 1. The third-order valence-electron chi connectivity index (χ3n) is 4.02. The predicted molar refractivity (Wildman–Crippen MR) is 78.2 cm³/mol. The molecule has 1 unspecified atom stereocenters. The molecule has 2 heterocycles. The van der Waals surface area contributed by atoms with E-state index in [2.05, 4.69) is 35.5 Å². The summed E-state index contributed by atoms with van der Waals surface area (Å²) in [6.45, 7) is 7.39. The molecule has 5 nitrogen and oxygen atoms in total. The fourth-order valence-corrected chi connectivity index (χ4v) is 2.73. The van der Waals surface area contributed by atoms with Crippen molar-refractivity contribution in [2.75, 3.05) is 19.6 Å². The van der Waals surface area contributed by atoms with E-state index >= 15 is 0 Å². The van der Waals surface area contributed by atoms with Crippen LogP contribution in [0.4, 0.5) is 0 Å². The Balaban J connectivity index is 1.73. The largest absolute Gasteiger partial charge is 0.303 e. The fourth-order valence-electron chi connectivity index (χ4n) is 2.73. The van der Waals surface area contributed by atoms with Crippen LogP contribution in [0.3, 0.4) is 0 Å². The van der Waals surface area contributed by atoms with Gasteiger partial charge in [-0.1, -0.05) is 11.6 Å². The van der Waals surface area contributed by atoms with Crippen molar-refractivity contribution >= 4 is 11.8 Å². The van der Waals surface area contributed by atoms with Crippen LogP contribution >= 0.6 is 0 Å². The Morgan fingerprint density at radius 3 is 2.60 bits per heavy atom. The summed E-state index contributed by atoms with van der Waals surface area (Å²) in [5.74, 6) is -0.308. The third-order valence-corrected chi connectivity index (χ3v) is 4.02. The normalized spacial score (nSPS) is 25.4. The second-order valence-electron chi connectivity index (χ2n) is 6.03. The Hall–Kier alpha value is -1.20. The third kappa shape index (κ3) is 4.42. The van der Waals surface area contributed by atoms with E-state index in [1.54, 1.807) is 0 Å². The highest BCUT2D eigenvalue weighted by molar-refractivity contribution is 6.00. The number of nitrogens with zero attached hydrogens (tertiary/aromatic N) is 1. The van der Waals surface area contributed by atoms with Crippen molar-refractivity contribution in [3.8, 4) is 0 Å². The molecule has 0 saturated carbocycles. The minimum Gasteiger partial charge on any atom is -0.303 e. The average Bonchev–Trinajstić information content (AvgIpc) is 2.41. The summed E-state index contributed by atoms with van der Waals surface area (Å²) >= 11 is 0. The summed E-state index contributed by atoms with van der Waals surface area (Å²) in [6, 6.07) is 0.198. The molecule has 0 aliphatic carbocycles. The number of nitrogens with one attached hydrogen (secondary N) is 2. The quantitative estimate of drug-likeness (QED) is 0.590. The molecule has 2 N–H and O–H groups in total. The van der Waals surface area contributed by atoms with E-state index in [1.165, 1.54) is 5.57 Å². The molecule has 1 atom stereocenters. The van der Waals surface area contributed by atoms with E-state index in [0.29, 0.717) is 18.9 Å². The van der Waals surface area contributed by atoms with E-state index in [1.807, 2.05) is 0 Å². The zero-order valence-electron chi connectivity index (χ0n) is 12.4. The summed E-state index contributed by atoms with van der Waals surface area (Å²) in [5, 5.41) is 5.81. The molecule has 2 fully saturated rings. The second kappa shape index (κ2) is 6.99. The van der Waals surface area contributed by atoms with Gasteiger partial charge in [0.2, 0.25) is 11.8 Å². The molecule has 0 aromatic carbocycles. The van der Waals surface area contributed by atoms with Crippen molar-refractivity contribution in [3.63, 3.8) is 0 Å². The van der Waals surface area contributed by atoms with Crippen LogP contribution in [0.2, 0.25) is 0 Å². The van der Waals surface area contributed by atoms with Crippen molar-refractivity contribution in [2.45, 2.75) is 51.6 Å². The van der Waals surface area contributed by atoms with E-state index in [0.717, 1.165) is 32.5 Å². The molecular weight excluding hydrogens is 254 g/mol. The monoisotopic (exact) mass is 279 g/mol. The number of hydrogen-bond acceptors (Lipinski definition) is 4. The zero-order chi connectivity index (χ0) is 14.5. The van der Waals surface area contributed by atoms with Crippen LogP contribution in [-0.2, 0) is 9.59 Å². The molecule has 2 amide bonds. The summed E-state index contributed by atoms with van der Waals surface area (Å²) in [4.78, 5) is 25.3. The summed E-state index contributed by atoms with van der Waals surface area (Å²) in [7, 11) is 0. The van der Waals surface area contributed by atoms with Gasteiger partial charge in [-0.2, -0.15) is 0 Å². The first-order valence-electron chi connectivity index (χ1n) is 7.50. The minimum absolute atomic E-state index is 0.149. The first-order chi connectivity index (χ1) is 9.54. The van der Waals surface area contributed by atoms with Gasteiger partial charge in [0.1, 0.15) is 0 Å². The number of allylic oxidation sites excluding steroid dienone is 1. The lowest BCUT2D eigenvalue weighted by Gasteiger charge is -2.34. The molecule has 5 heteroatoms. The van der Waals surface area contributed by atoms with E-state index in [-0.39, 0.29) is 17.9 Å². The van der Waals surface area contributed by atoms with Gasteiger partial charge in [0.05, 0.1) is 6.04 Å². The molecule has 2 aliphatic heterocycles. The van der Waals surface area contributed by atoms with E-state index < -0.39 is 0 Å². The number of rotatable bonds is 4. The highest BCUT2D eigenvalue weighted by atomic mass is 16.2. The molecule has 0 aromatic heterocycles. The molecular formula is C15H25N3O2. The van der Waals surface area contributed by atoms with Crippen LogP contribution in [0.5, 0.6) is 0 Å². The maximum Gasteiger partial charge on any atom is 0.243 e.